The molecule has 0 aliphatic carbocycles. The number of hydrogen-bond donors (Lipinski definition) is 0. The summed E-state index contributed by atoms with van der Waals surface area (Å²) in [4.78, 5) is 0. The number of hydrogen-bond acceptors (Lipinski definition) is 1. The maximum atomic E-state index is 6.42. The zero-order chi connectivity index (χ0) is 42.1. The predicted molar refractivity (Wildman–Crippen MR) is 270 cm³/mol. The highest BCUT2D eigenvalue weighted by atomic mass is 16.3. The summed E-state index contributed by atoms with van der Waals surface area (Å²) in [6.07, 6.45) is 0. The Kier molecular flexibility index (Phi) is 8.25. The Labute approximate surface area is 370 Å². The van der Waals surface area contributed by atoms with Gasteiger partial charge in [-0.05, 0) is 138 Å². The van der Waals surface area contributed by atoms with Crippen molar-refractivity contribution < 1.29 is 4.42 Å². The van der Waals surface area contributed by atoms with Crippen molar-refractivity contribution in [2.75, 3.05) is 0 Å². The quantitative estimate of drug-likeness (QED) is 0.153. The Bertz CT molecular complexity index is 3880. The zero-order valence-corrected chi connectivity index (χ0v) is 34.9. The topological polar surface area (TPSA) is 18.1 Å². The lowest BCUT2D eigenvalue weighted by Crippen LogP contribution is -1.97. The SMILES string of the molecule is c1ccc(-c2cc(-c3ccc4c(c3)c3ccccc3n4-c3ccccc3)cc(-c3ccc4oc5ccccc5c4c3)c2-c2c3ccccc3c(-c3ccccc3)c3ccccc23)cc1. The standard InChI is InChI=1S/C62H39NO/c1-4-18-40(19-5-1)52-38-44(42-32-34-57-54(36-42)46-24-14-16-30-56(46)63(57)45-22-8-3-9-23-45)39-53(43-33-35-59-55(37-43)47-25-15-17-31-58(47)64-59)62(52)61-50-28-12-10-26-48(50)60(41-20-6-2-7-21-41)49-27-11-13-29-51(49)61/h1-39H. The van der Waals surface area contributed by atoms with E-state index in [0.717, 1.165) is 55.4 Å². The molecule has 13 rings (SSSR count). The molecule has 0 fully saturated rings. The molecule has 64 heavy (non-hydrogen) atoms. The lowest BCUT2D eigenvalue weighted by atomic mass is 9.79. The summed E-state index contributed by atoms with van der Waals surface area (Å²) in [6.45, 7) is 0. The van der Waals surface area contributed by atoms with Crippen molar-refractivity contribution in [1.82, 2.24) is 4.57 Å². The number of furan rings is 1. The van der Waals surface area contributed by atoms with Crippen LogP contribution in [-0.4, -0.2) is 4.57 Å². The van der Waals surface area contributed by atoms with E-state index in [1.54, 1.807) is 0 Å². The summed E-state index contributed by atoms with van der Waals surface area (Å²) in [5, 5.41) is 9.58. The fourth-order valence-corrected chi connectivity index (χ4v) is 10.4. The van der Waals surface area contributed by atoms with Crippen LogP contribution in [0.15, 0.2) is 241 Å². The maximum Gasteiger partial charge on any atom is 0.135 e. The number of nitrogens with zero attached hydrogens (tertiary/aromatic N) is 1. The van der Waals surface area contributed by atoms with Gasteiger partial charge in [0.2, 0.25) is 0 Å². The fourth-order valence-electron chi connectivity index (χ4n) is 10.4. The third-order valence-corrected chi connectivity index (χ3v) is 13.2. The maximum absolute atomic E-state index is 6.42. The molecule has 0 amide bonds. The van der Waals surface area contributed by atoms with Crippen molar-refractivity contribution in [3.63, 3.8) is 0 Å². The Balaban J connectivity index is 1.17. The normalized spacial score (nSPS) is 11.8. The number of para-hydroxylation sites is 3. The average molecular weight is 814 g/mol. The number of rotatable bonds is 6. The van der Waals surface area contributed by atoms with Gasteiger partial charge in [-0.2, -0.15) is 0 Å². The van der Waals surface area contributed by atoms with E-state index in [4.69, 9.17) is 4.42 Å². The molecule has 298 valence electrons. The van der Waals surface area contributed by atoms with Gasteiger partial charge >= 0.3 is 0 Å². The Morgan fingerprint density at radius 1 is 0.250 bits per heavy atom. The van der Waals surface area contributed by atoms with Crippen molar-refractivity contribution in [2.45, 2.75) is 0 Å². The van der Waals surface area contributed by atoms with Gasteiger partial charge in [0.05, 0.1) is 11.0 Å². The first-order chi connectivity index (χ1) is 31.8. The van der Waals surface area contributed by atoms with Crippen LogP contribution in [0.5, 0.6) is 0 Å². The molecule has 2 heteroatoms. The second-order valence-corrected chi connectivity index (χ2v) is 16.7. The fraction of sp³-hybridized carbons (Fsp3) is 0. The van der Waals surface area contributed by atoms with Crippen LogP contribution in [0, 0.1) is 0 Å². The molecule has 2 aromatic heterocycles. The minimum absolute atomic E-state index is 0.884. The van der Waals surface area contributed by atoms with Crippen molar-refractivity contribution in [2.24, 2.45) is 0 Å². The molecule has 2 nitrogen and oxygen atoms in total. The van der Waals surface area contributed by atoms with E-state index in [2.05, 4.69) is 235 Å². The van der Waals surface area contributed by atoms with Gasteiger partial charge in [-0.25, -0.2) is 0 Å². The van der Waals surface area contributed by atoms with Gasteiger partial charge in [-0.3, -0.25) is 0 Å². The predicted octanol–water partition coefficient (Wildman–Crippen LogP) is 17.3. The summed E-state index contributed by atoms with van der Waals surface area (Å²) in [7, 11) is 0. The van der Waals surface area contributed by atoms with Crippen molar-refractivity contribution in [1.29, 1.82) is 0 Å². The first kappa shape index (κ1) is 36.2. The van der Waals surface area contributed by atoms with E-state index in [-0.39, 0.29) is 0 Å². The van der Waals surface area contributed by atoms with Crippen LogP contribution in [0.3, 0.4) is 0 Å². The second-order valence-electron chi connectivity index (χ2n) is 16.7. The van der Waals surface area contributed by atoms with E-state index in [1.807, 2.05) is 6.07 Å². The highest BCUT2D eigenvalue weighted by molar-refractivity contribution is 6.24. The van der Waals surface area contributed by atoms with E-state index in [1.165, 1.54) is 71.2 Å². The summed E-state index contributed by atoms with van der Waals surface area (Å²) < 4.78 is 8.81. The van der Waals surface area contributed by atoms with Gasteiger partial charge in [-0.15, -0.1) is 0 Å². The summed E-state index contributed by atoms with van der Waals surface area (Å²) in [5.41, 5.74) is 17.2. The summed E-state index contributed by atoms with van der Waals surface area (Å²) in [5.74, 6) is 0. The van der Waals surface area contributed by atoms with Crippen LogP contribution < -0.4 is 0 Å². The van der Waals surface area contributed by atoms with E-state index >= 15 is 0 Å². The first-order valence-electron chi connectivity index (χ1n) is 22.0. The van der Waals surface area contributed by atoms with Gasteiger partial charge in [0.25, 0.3) is 0 Å². The molecule has 2 heterocycles. The minimum atomic E-state index is 0.884. The lowest BCUT2D eigenvalue weighted by molar-refractivity contribution is 0.669. The lowest BCUT2D eigenvalue weighted by Gasteiger charge is -2.23. The van der Waals surface area contributed by atoms with Gasteiger partial charge in [0, 0.05) is 27.2 Å². The largest absolute Gasteiger partial charge is 0.456 e. The number of fused-ring (bicyclic) bond motifs is 8. The number of benzene rings is 11. The number of aromatic nitrogens is 1. The van der Waals surface area contributed by atoms with E-state index < -0.39 is 0 Å². The third-order valence-electron chi connectivity index (χ3n) is 13.2. The van der Waals surface area contributed by atoms with Crippen molar-refractivity contribution in [3.05, 3.63) is 237 Å². The smallest absolute Gasteiger partial charge is 0.135 e. The third kappa shape index (κ3) is 5.66. The van der Waals surface area contributed by atoms with Crippen molar-refractivity contribution >= 4 is 65.3 Å². The molecular formula is C62H39NO. The molecule has 0 saturated heterocycles. The monoisotopic (exact) mass is 813 g/mol. The van der Waals surface area contributed by atoms with Crippen LogP contribution in [-0.2, 0) is 0 Å². The molecule has 0 aliphatic heterocycles. The van der Waals surface area contributed by atoms with Crippen LogP contribution in [0.4, 0.5) is 0 Å². The van der Waals surface area contributed by atoms with E-state index in [9.17, 15) is 0 Å². The molecule has 0 unspecified atom stereocenters. The van der Waals surface area contributed by atoms with Gasteiger partial charge in [-0.1, -0.05) is 176 Å². The average Bonchev–Trinajstić information content (AvgIpc) is 3.91. The summed E-state index contributed by atoms with van der Waals surface area (Å²) >= 11 is 0. The summed E-state index contributed by atoms with van der Waals surface area (Å²) in [6, 6.07) is 86.3. The van der Waals surface area contributed by atoms with Crippen LogP contribution in [0.1, 0.15) is 0 Å². The van der Waals surface area contributed by atoms with Gasteiger partial charge in [0.15, 0.2) is 0 Å². The molecule has 0 aliphatic rings. The highest BCUT2D eigenvalue weighted by Gasteiger charge is 2.24. The molecule has 0 N–H and O–H groups in total. The minimum Gasteiger partial charge on any atom is -0.456 e. The molecule has 13 aromatic rings. The van der Waals surface area contributed by atoms with E-state index in [0.29, 0.717) is 0 Å². The molecule has 11 aromatic carbocycles. The zero-order valence-electron chi connectivity index (χ0n) is 34.9. The molecule has 0 atom stereocenters. The molecule has 0 saturated carbocycles. The van der Waals surface area contributed by atoms with Crippen molar-refractivity contribution in [3.8, 4) is 61.3 Å². The second kappa shape index (κ2) is 14.6. The Hall–Kier alpha value is -8.46. The molecular weight excluding hydrogens is 775 g/mol. The first-order valence-corrected chi connectivity index (χ1v) is 22.0. The van der Waals surface area contributed by atoms with Gasteiger partial charge in [0.1, 0.15) is 11.2 Å². The van der Waals surface area contributed by atoms with Gasteiger partial charge < -0.3 is 8.98 Å². The molecule has 0 spiro atoms. The van der Waals surface area contributed by atoms with Crippen LogP contribution in [0.25, 0.3) is 127 Å². The molecule has 0 bridgehead atoms. The van der Waals surface area contributed by atoms with Crippen LogP contribution in [0.2, 0.25) is 0 Å². The Morgan fingerprint density at radius 2 is 0.734 bits per heavy atom. The highest BCUT2D eigenvalue weighted by Crippen LogP contribution is 2.51. The van der Waals surface area contributed by atoms with Crippen LogP contribution >= 0.6 is 0 Å². The Morgan fingerprint density at radius 3 is 1.42 bits per heavy atom. The molecule has 0 radical (unpaired) electrons.